The van der Waals surface area contributed by atoms with Crippen molar-refractivity contribution in [1.29, 1.82) is 0 Å². The van der Waals surface area contributed by atoms with E-state index < -0.39 is 0 Å². The molecule has 0 radical (unpaired) electrons. The molecule has 0 spiro atoms. The molecule has 0 N–H and O–H groups in total. The van der Waals surface area contributed by atoms with E-state index in [0.29, 0.717) is 23.8 Å². The van der Waals surface area contributed by atoms with Crippen molar-refractivity contribution >= 4 is 11.9 Å². The molecule has 2 aliphatic rings. The number of para-hydroxylation sites is 1. The van der Waals surface area contributed by atoms with E-state index in [1.165, 1.54) is 0 Å². The van der Waals surface area contributed by atoms with Crippen LogP contribution in [0.2, 0.25) is 0 Å². The second-order valence-electron chi connectivity index (χ2n) is 8.23. The normalized spacial score (nSPS) is 21.3. The maximum Gasteiger partial charge on any atom is 0.257 e. The van der Waals surface area contributed by atoms with Crippen LogP contribution in [-0.2, 0) is 0 Å². The van der Waals surface area contributed by atoms with Crippen molar-refractivity contribution in [2.75, 3.05) is 24.5 Å². The number of aromatic nitrogens is 2. The number of aryl methyl sites for hydroxylation is 2. The zero-order chi connectivity index (χ0) is 19.8. The number of amides is 1. The van der Waals surface area contributed by atoms with E-state index >= 15 is 0 Å². The van der Waals surface area contributed by atoms with E-state index in [-0.39, 0.29) is 18.1 Å². The smallest absolute Gasteiger partial charge is 0.257 e. The third-order valence-electron chi connectivity index (χ3n) is 5.41. The van der Waals surface area contributed by atoms with Crippen LogP contribution in [0.5, 0.6) is 5.75 Å². The number of likely N-dealkylation sites (tertiary alicyclic amines) is 1. The fourth-order valence-corrected chi connectivity index (χ4v) is 4.38. The number of anilines is 1. The number of benzene rings is 1. The van der Waals surface area contributed by atoms with E-state index in [1.807, 2.05) is 62.9 Å². The largest absolute Gasteiger partial charge is 0.490 e. The third kappa shape index (κ3) is 3.68. The van der Waals surface area contributed by atoms with E-state index in [4.69, 9.17) is 4.74 Å². The Morgan fingerprint density at radius 3 is 2.54 bits per heavy atom. The monoisotopic (exact) mass is 380 g/mol. The van der Waals surface area contributed by atoms with Gasteiger partial charge in [-0.2, -0.15) is 0 Å². The average Bonchev–Trinajstić information content (AvgIpc) is 2.94. The maximum absolute atomic E-state index is 13.3. The first-order chi connectivity index (χ1) is 13.4. The van der Waals surface area contributed by atoms with Gasteiger partial charge in [0.15, 0.2) is 0 Å². The van der Waals surface area contributed by atoms with Gasteiger partial charge in [-0.25, -0.2) is 9.97 Å². The Bertz CT molecular complexity index is 862. The van der Waals surface area contributed by atoms with Crippen molar-refractivity contribution < 1.29 is 9.53 Å². The lowest BCUT2D eigenvalue weighted by Crippen LogP contribution is -2.45. The molecule has 1 aromatic heterocycles. The third-order valence-corrected chi connectivity index (χ3v) is 5.41. The van der Waals surface area contributed by atoms with Crippen LogP contribution in [0.3, 0.4) is 0 Å². The second kappa shape index (κ2) is 7.41. The molecule has 2 bridgehead atoms. The molecule has 6 heteroatoms. The Morgan fingerprint density at radius 1 is 1.11 bits per heavy atom. The minimum absolute atomic E-state index is 0.0312. The predicted octanol–water partition coefficient (Wildman–Crippen LogP) is 3.23. The highest BCUT2D eigenvalue weighted by atomic mass is 16.5. The summed E-state index contributed by atoms with van der Waals surface area (Å²) in [5.74, 6) is 1.96. The Balaban J connectivity index is 1.54. The van der Waals surface area contributed by atoms with Crippen LogP contribution in [0.25, 0.3) is 0 Å². The summed E-state index contributed by atoms with van der Waals surface area (Å²) in [6.07, 6.45) is 1.12. The van der Waals surface area contributed by atoms with E-state index in [1.54, 1.807) is 0 Å². The summed E-state index contributed by atoms with van der Waals surface area (Å²) in [5.41, 5.74) is 2.61. The predicted molar refractivity (Wildman–Crippen MR) is 109 cm³/mol. The van der Waals surface area contributed by atoms with Gasteiger partial charge in [0.25, 0.3) is 5.91 Å². The van der Waals surface area contributed by atoms with Gasteiger partial charge < -0.3 is 14.5 Å². The average molecular weight is 380 g/mol. The Morgan fingerprint density at radius 2 is 1.82 bits per heavy atom. The zero-order valence-corrected chi connectivity index (χ0v) is 17.1. The van der Waals surface area contributed by atoms with Gasteiger partial charge in [0.2, 0.25) is 5.95 Å². The summed E-state index contributed by atoms with van der Waals surface area (Å²) in [7, 11) is 0. The highest BCUT2D eigenvalue weighted by Gasteiger charge is 2.41. The molecular weight excluding hydrogens is 352 g/mol. The molecule has 4 rings (SSSR count). The molecule has 2 unspecified atom stereocenters. The number of nitrogens with zero attached hydrogens (tertiary/aromatic N) is 4. The van der Waals surface area contributed by atoms with E-state index in [9.17, 15) is 4.79 Å². The summed E-state index contributed by atoms with van der Waals surface area (Å²) < 4.78 is 5.87. The Labute approximate surface area is 166 Å². The summed E-state index contributed by atoms with van der Waals surface area (Å²) in [6.45, 7) is 10.3. The summed E-state index contributed by atoms with van der Waals surface area (Å²) in [4.78, 5) is 26.8. The highest BCUT2D eigenvalue weighted by Crippen LogP contribution is 2.33. The molecular formula is C22H28N4O2. The topological polar surface area (TPSA) is 58.6 Å². The van der Waals surface area contributed by atoms with Gasteiger partial charge in [0.05, 0.1) is 11.7 Å². The number of ether oxygens (including phenoxy) is 1. The molecule has 2 fully saturated rings. The van der Waals surface area contributed by atoms with Crippen LogP contribution < -0.4 is 9.64 Å². The van der Waals surface area contributed by atoms with Gasteiger partial charge in [0, 0.05) is 37.1 Å². The first-order valence-corrected chi connectivity index (χ1v) is 10.0. The SMILES string of the molecule is Cc1cc(C)nc(N2CC3CC2CN(C(=O)c2ccccc2OC(C)C)C3)n1. The fourth-order valence-electron chi connectivity index (χ4n) is 4.38. The van der Waals surface area contributed by atoms with Gasteiger partial charge in [0.1, 0.15) is 5.75 Å². The fraction of sp³-hybridized carbons (Fsp3) is 0.500. The number of carbonyl (C=O) groups excluding carboxylic acids is 1. The molecule has 2 aliphatic heterocycles. The van der Waals surface area contributed by atoms with Gasteiger partial charge >= 0.3 is 0 Å². The molecule has 148 valence electrons. The molecule has 0 aliphatic carbocycles. The van der Waals surface area contributed by atoms with Crippen LogP contribution >= 0.6 is 0 Å². The van der Waals surface area contributed by atoms with Crippen molar-refractivity contribution in [3.63, 3.8) is 0 Å². The second-order valence-corrected chi connectivity index (χ2v) is 8.23. The first-order valence-electron chi connectivity index (χ1n) is 10.0. The van der Waals surface area contributed by atoms with Crippen LogP contribution in [0, 0.1) is 19.8 Å². The lowest BCUT2D eigenvalue weighted by Gasteiger charge is -2.33. The van der Waals surface area contributed by atoms with Gasteiger partial charge in [-0.3, -0.25) is 4.79 Å². The summed E-state index contributed by atoms with van der Waals surface area (Å²) >= 11 is 0. The molecule has 1 aromatic carbocycles. The standard InChI is InChI=1S/C22H28N4O2/c1-14(2)28-20-8-6-5-7-19(20)21(27)25-11-17-10-18(13-25)26(12-17)22-23-15(3)9-16(4)24-22/h5-9,14,17-18H,10-13H2,1-4H3. The van der Waals surface area contributed by atoms with Crippen LogP contribution in [0.4, 0.5) is 5.95 Å². The van der Waals surface area contributed by atoms with Gasteiger partial charge in [-0.15, -0.1) is 0 Å². The molecule has 1 amide bonds. The molecule has 3 heterocycles. The minimum Gasteiger partial charge on any atom is -0.490 e. The van der Waals surface area contributed by atoms with Gasteiger partial charge in [-0.1, -0.05) is 12.1 Å². The van der Waals surface area contributed by atoms with Crippen molar-refractivity contribution in [3.8, 4) is 5.75 Å². The molecule has 2 aromatic rings. The van der Waals surface area contributed by atoms with Crippen LogP contribution in [0.15, 0.2) is 30.3 Å². The Kier molecular flexibility index (Phi) is 4.96. The number of fused-ring (bicyclic) bond motifs is 2. The van der Waals surface area contributed by atoms with Crippen molar-refractivity contribution in [2.24, 2.45) is 5.92 Å². The molecule has 0 saturated carbocycles. The molecule has 6 nitrogen and oxygen atoms in total. The molecule has 2 atom stereocenters. The van der Waals surface area contributed by atoms with E-state index in [0.717, 1.165) is 36.8 Å². The van der Waals surface area contributed by atoms with Crippen molar-refractivity contribution in [3.05, 3.63) is 47.3 Å². The lowest BCUT2D eigenvalue weighted by molar-refractivity contribution is 0.0688. The van der Waals surface area contributed by atoms with Crippen molar-refractivity contribution in [2.45, 2.75) is 46.3 Å². The minimum atomic E-state index is 0.0312. The summed E-state index contributed by atoms with van der Waals surface area (Å²) in [6, 6.07) is 9.81. The highest BCUT2D eigenvalue weighted by molar-refractivity contribution is 5.97. The quantitative estimate of drug-likeness (QED) is 0.815. The van der Waals surface area contributed by atoms with E-state index in [2.05, 4.69) is 14.9 Å². The van der Waals surface area contributed by atoms with Gasteiger partial charge in [-0.05, 0) is 58.2 Å². The van der Waals surface area contributed by atoms with Crippen molar-refractivity contribution in [1.82, 2.24) is 14.9 Å². The number of piperidine rings is 1. The first kappa shape index (κ1) is 18.7. The maximum atomic E-state index is 13.3. The summed E-state index contributed by atoms with van der Waals surface area (Å²) in [5, 5.41) is 0. The number of hydrogen-bond donors (Lipinski definition) is 0. The number of rotatable bonds is 4. The molecule has 28 heavy (non-hydrogen) atoms. The lowest BCUT2D eigenvalue weighted by atomic mass is 9.99. The molecule has 2 saturated heterocycles. The van der Waals surface area contributed by atoms with Crippen LogP contribution in [0.1, 0.15) is 42.0 Å². The number of carbonyl (C=O) groups is 1. The number of hydrogen-bond acceptors (Lipinski definition) is 5. The zero-order valence-electron chi connectivity index (χ0n) is 17.1. The van der Waals surface area contributed by atoms with Crippen LogP contribution in [-0.4, -0.2) is 52.6 Å². The Hall–Kier alpha value is -2.63.